The molecule has 1 fully saturated rings. The monoisotopic (exact) mass is 283 g/mol. The van der Waals surface area contributed by atoms with Crippen molar-refractivity contribution in [1.82, 2.24) is 9.78 Å². The largest absolute Gasteiger partial charge is 0.380 e. The predicted molar refractivity (Wildman–Crippen MR) is 78.8 cm³/mol. The van der Waals surface area contributed by atoms with Gasteiger partial charge in [-0.25, -0.2) is 4.68 Å². The van der Waals surface area contributed by atoms with Gasteiger partial charge in [-0.1, -0.05) is 25.4 Å². The third-order valence-electron chi connectivity index (χ3n) is 3.80. The summed E-state index contributed by atoms with van der Waals surface area (Å²) < 4.78 is 1.43. The van der Waals surface area contributed by atoms with Crippen LogP contribution in [0.15, 0.2) is 11.0 Å². The van der Waals surface area contributed by atoms with Gasteiger partial charge in [-0.3, -0.25) is 4.79 Å². The van der Waals surface area contributed by atoms with Crippen LogP contribution in [0.4, 0.5) is 5.69 Å². The minimum Gasteiger partial charge on any atom is -0.380 e. The van der Waals surface area contributed by atoms with Gasteiger partial charge in [-0.15, -0.1) is 0 Å². The van der Waals surface area contributed by atoms with E-state index >= 15 is 0 Å². The van der Waals surface area contributed by atoms with E-state index in [0.29, 0.717) is 18.3 Å². The maximum absolute atomic E-state index is 12.0. The summed E-state index contributed by atoms with van der Waals surface area (Å²) in [6.45, 7) is 4.91. The van der Waals surface area contributed by atoms with Gasteiger partial charge in [0.1, 0.15) is 5.02 Å². The van der Waals surface area contributed by atoms with Crippen LogP contribution in [0.3, 0.4) is 0 Å². The van der Waals surface area contributed by atoms with Crippen molar-refractivity contribution in [2.24, 2.45) is 5.92 Å². The van der Waals surface area contributed by atoms with Crippen LogP contribution in [-0.2, 0) is 6.54 Å². The fourth-order valence-corrected chi connectivity index (χ4v) is 2.76. The average molecular weight is 284 g/mol. The first kappa shape index (κ1) is 14.4. The standard InChI is InChI=1S/C14H22ClN3O/c1-3-8-18-14(19)13(15)12(9-16-18)17-11-6-4-10(2)5-7-11/h9-11,17H,3-8H2,1-2H3. The number of hydrogen-bond donors (Lipinski definition) is 1. The van der Waals surface area contributed by atoms with Crippen molar-refractivity contribution in [1.29, 1.82) is 0 Å². The summed E-state index contributed by atoms with van der Waals surface area (Å²) in [6, 6.07) is 0.414. The first-order valence-corrected chi connectivity index (χ1v) is 7.51. The molecule has 1 aliphatic carbocycles. The Morgan fingerprint density at radius 3 is 2.74 bits per heavy atom. The first-order chi connectivity index (χ1) is 9.11. The third-order valence-corrected chi connectivity index (χ3v) is 4.16. The van der Waals surface area contributed by atoms with Crippen LogP contribution in [0.2, 0.25) is 5.02 Å². The number of aromatic nitrogens is 2. The zero-order valence-electron chi connectivity index (χ0n) is 11.7. The summed E-state index contributed by atoms with van der Waals surface area (Å²) in [5.41, 5.74) is 0.483. The van der Waals surface area contributed by atoms with Gasteiger partial charge >= 0.3 is 0 Å². The molecular weight excluding hydrogens is 262 g/mol. The molecule has 106 valence electrons. The lowest BCUT2D eigenvalue weighted by Crippen LogP contribution is -2.28. The lowest BCUT2D eigenvalue weighted by Gasteiger charge is -2.27. The highest BCUT2D eigenvalue weighted by atomic mass is 35.5. The van der Waals surface area contributed by atoms with Gasteiger partial charge < -0.3 is 5.32 Å². The molecule has 0 spiro atoms. The maximum atomic E-state index is 12.0. The van der Waals surface area contributed by atoms with Crippen molar-refractivity contribution < 1.29 is 0 Å². The summed E-state index contributed by atoms with van der Waals surface area (Å²) in [6.07, 6.45) is 7.28. The van der Waals surface area contributed by atoms with Crippen molar-refractivity contribution in [3.05, 3.63) is 21.6 Å². The lowest BCUT2D eigenvalue weighted by molar-refractivity contribution is 0.361. The quantitative estimate of drug-likeness (QED) is 0.922. The number of halogens is 1. The zero-order chi connectivity index (χ0) is 13.8. The average Bonchev–Trinajstić information content (AvgIpc) is 2.41. The van der Waals surface area contributed by atoms with Gasteiger partial charge in [0.2, 0.25) is 0 Å². The van der Waals surface area contributed by atoms with E-state index in [9.17, 15) is 4.79 Å². The molecule has 1 saturated carbocycles. The second-order valence-electron chi connectivity index (χ2n) is 5.50. The van der Waals surface area contributed by atoms with Crippen LogP contribution >= 0.6 is 11.6 Å². The number of anilines is 1. The molecule has 1 heterocycles. The highest BCUT2D eigenvalue weighted by Gasteiger charge is 2.19. The number of hydrogen-bond acceptors (Lipinski definition) is 3. The molecule has 0 atom stereocenters. The summed E-state index contributed by atoms with van der Waals surface area (Å²) in [7, 11) is 0. The molecule has 1 N–H and O–H groups in total. The minimum atomic E-state index is -0.197. The first-order valence-electron chi connectivity index (χ1n) is 7.14. The molecule has 0 amide bonds. The molecule has 0 aliphatic heterocycles. The molecule has 4 nitrogen and oxygen atoms in total. The van der Waals surface area contributed by atoms with E-state index < -0.39 is 0 Å². The normalized spacial score (nSPS) is 23.3. The van der Waals surface area contributed by atoms with Gasteiger partial charge in [-0.05, 0) is 38.0 Å². The molecule has 0 bridgehead atoms. The van der Waals surface area contributed by atoms with E-state index in [1.54, 1.807) is 6.20 Å². The number of nitrogens with one attached hydrogen (secondary N) is 1. The molecule has 19 heavy (non-hydrogen) atoms. The smallest absolute Gasteiger partial charge is 0.287 e. The summed E-state index contributed by atoms with van der Waals surface area (Å²) in [5, 5.41) is 7.80. The molecule has 2 rings (SSSR count). The molecule has 0 saturated heterocycles. The fraction of sp³-hybridized carbons (Fsp3) is 0.714. The second kappa shape index (κ2) is 6.42. The van der Waals surface area contributed by atoms with E-state index in [2.05, 4.69) is 17.3 Å². The van der Waals surface area contributed by atoms with Crippen molar-refractivity contribution >= 4 is 17.3 Å². The Morgan fingerprint density at radius 2 is 2.11 bits per heavy atom. The van der Waals surface area contributed by atoms with E-state index in [4.69, 9.17) is 11.6 Å². The number of rotatable bonds is 4. The van der Waals surface area contributed by atoms with E-state index in [-0.39, 0.29) is 10.6 Å². The molecule has 1 aliphatic rings. The Morgan fingerprint density at radius 1 is 1.42 bits per heavy atom. The minimum absolute atomic E-state index is 0.197. The Bertz CT molecular complexity index is 478. The van der Waals surface area contributed by atoms with Gasteiger partial charge in [0.15, 0.2) is 0 Å². The van der Waals surface area contributed by atoms with Crippen LogP contribution in [-0.4, -0.2) is 15.8 Å². The highest BCUT2D eigenvalue weighted by molar-refractivity contribution is 6.32. The highest BCUT2D eigenvalue weighted by Crippen LogP contribution is 2.27. The number of aryl methyl sites for hydroxylation is 1. The SMILES string of the molecule is CCCn1ncc(NC2CCC(C)CC2)c(Cl)c1=O. The Kier molecular flexibility index (Phi) is 4.86. The van der Waals surface area contributed by atoms with Crippen LogP contribution in [0.1, 0.15) is 46.0 Å². The van der Waals surface area contributed by atoms with Crippen molar-refractivity contribution in [3.63, 3.8) is 0 Å². The molecule has 5 heteroatoms. The van der Waals surface area contributed by atoms with Crippen LogP contribution in [0.5, 0.6) is 0 Å². The summed E-state index contributed by atoms with van der Waals surface area (Å²) in [4.78, 5) is 12.0. The molecular formula is C14H22ClN3O. The maximum Gasteiger partial charge on any atom is 0.287 e. The second-order valence-corrected chi connectivity index (χ2v) is 5.88. The third kappa shape index (κ3) is 3.50. The van der Waals surface area contributed by atoms with E-state index in [1.807, 2.05) is 6.92 Å². The molecule has 0 radical (unpaired) electrons. The fourth-order valence-electron chi connectivity index (χ4n) is 2.56. The van der Waals surface area contributed by atoms with E-state index in [0.717, 1.165) is 25.2 Å². The molecule has 1 aromatic rings. The summed E-state index contributed by atoms with van der Waals surface area (Å²) in [5.74, 6) is 0.809. The Balaban J connectivity index is 2.09. The van der Waals surface area contributed by atoms with Crippen molar-refractivity contribution in [2.75, 3.05) is 5.32 Å². The van der Waals surface area contributed by atoms with Crippen LogP contribution in [0.25, 0.3) is 0 Å². The molecule has 1 aromatic heterocycles. The summed E-state index contributed by atoms with van der Waals surface area (Å²) >= 11 is 6.15. The lowest BCUT2D eigenvalue weighted by atomic mass is 9.87. The van der Waals surface area contributed by atoms with Gasteiger partial charge in [0.25, 0.3) is 5.56 Å². The van der Waals surface area contributed by atoms with Crippen molar-refractivity contribution in [3.8, 4) is 0 Å². The molecule has 0 unspecified atom stereocenters. The molecule has 0 aromatic carbocycles. The topological polar surface area (TPSA) is 46.9 Å². The van der Waals surface area contributed by atoms with E-state index in [1.165, 1.54) is 17.5 Å². The Labute approximate surface area is 119 Å². The zero-order valence-corrected chi connectivity index (χ0v) is 12.4. The van der Waals surface area contributed by atoms with Crippen LogP contribution in [0, 0.1) is 5.92 Å². The van der Waals surface area contributed by atoms with Gasteiger partial charge in [0.05, 0.1) is 11.9 Å². The number of nitrogens with zero attached hydrogens (tertiary/aromatic N) is 2. The predicted octanol–water partition coefficient (Wildman–Crippen LogP) is 3.30. The Hall–Kier alpha value is -1.03. The van der Waals surface area contributed by atoms with Crippen molar-refractivity contribution in [2.45, 2.75) is 58.5 Å². The van der Waals surface area contributed by atoms with Crippen LogP contribution < -0.4 is 10.9 Å². The van der Waals surface area contributed by atoms with Gasteiger partial charge in [0, 0.05) is 12.6 Å². The van der Waals surface area contributed by atoms with Gasteiger partial charge in [-0.2, -0.15) is 5.10 Å².